The fourth-order valence-corrected chi connectivity index (χ4v) is 2.14. The standard InChI is InChI=1S/C7H13I/c1-6(8)7-4-2-3-5-7/h6-7H,2-5H2,1H3. The third kappa shape index (κ3) is 1.61. The Kier molecular flexibility index (Phi) is 2.60. The summed E-state index contributed by atoms with van der Waals surface area (Å²) in [6, 6.07) is 0. The van der Waals surface area contributed by atoms with Gasteiger partial charge >= 0.3 is 0 Å². The van der Waals surface area contributed by atoms with Crippen molar-refractivity contribution in [2.24, 2.45) is 5.92 Å². The molecular weight excluding hydrogens is 211 g/mol. The molecule has 8 heavy (non-hydrogen) atoms. The van der Waals surface area contributed by atoms with Crippen molar-refractivity contribution in [2.45, 2.75) is 36.5 Å². The molecule has 0 heterocycles. The first kappa shape index (κ1) is 6.84. The van der Waals surface area contributed by atoms with Crippen molar-refractivity contribution in [3.8, 4) is 0 Å². The molecule has 0 amide bonds. The van der Waals surface area contributed by atoms with Crippen LogP contribution in [0.1, 0.15) is 32.6 Å². The fraction of sp³-hybridized carbons (Fsp3) is 1.00. The summed E-state index contributed by atoms with van der Waals surface area (Å²) in [4.78, 5) is 0. The maximum absolute atomic E-state index is 2.54. The lowest BCUT2D eigenvalue weighted by Crippen LogP contribution is -2.04. The van der Waals surface area contributed by atoms with Gasteiger partial charge in [-0.3, -0.25) is 0 Å². The topological polar surface area (TPSA) is 0 Å². The number of rotatable bonds is 1. The van der Waals surface area contributed by atoms with E-state index in [1.54, 1.807) is 0 Å². The van der Waals surface area contributed by atoms with Gasteiger partial charge in [0.2, 0.25) is 0 Å². The lowest BCUT2D eigenvalue weighted by molar-refractivity contribution is 0.558. The van der Waals surface area contributed by atoms with Gasteiger partial charge in [-0.1, -0.05) is 42.4 Å². The first-order chi connectivity index (χ1) is 3.80. The van der Waals surface area contributed by atoms with Crippen LogP contribution in [-0.4, -0.2) is 3.92 Å². The van der Waals surface area contributed by atoms with Crippen molar-refractivity contribution in [2.75, 3.05) is 0 Å². The van der Waals surface area contributed by atoms with Crippen molar-refractivity contribution in [1.29, 1.82) is 0 Å². The van der Waals surface area contributed by atoms with E-state index in [0.717, 1.165) is 9.84 Å². The molecule has 0 nitrogen and oxygen atoms in total. The molecule has 0 radical (unpaired) electrons. The largest absolute Gasteiger partial charge is 0.0826 e. The van der Waals surface area contributed by atoms with E-state index in [4.69, 9.17) is 0 Å². The Morgan fingerprint density at radius 3 is 2.12 bits per heavy atom. The lowest BCUT2D eigenvalue weighted by Gasteiger charge is -2.09. The highest BCUT2D eigenvalue weighted by atomic mass is 127. The van der Waals surface area contributed by atoms with Crippen LogP contribution in [0.4, 0.5) is 0 Å². The van der Waals surface area contributed by atoms with Crippen molar-refractivity contribution >= 4 is 22.6 Å². The second kappa shape index (κ2) is 3.04. The molecule has 1 unspecified atom stereocenters. The van der Waals surface area contributed by atoms with Gasteiger partial charge < -0.3 is 0 Å². The minimum absolute atomic E-state index is 0.912. The van der Waals surface area contributed by atoms with Gasteiger partial charge in [0.05, 0.1) is 0 Å². The van der Waals surface area contributed by atoms with Gasteiger partial charge in [-0.05, 0) is 18.8 Å². The monoisotopic (exact) mass is 224 g/mol. The van der Waals surface area contributed by atoms with Crippen LogP contribution < -0.4 is 0 Å². The Bertz CT molecular complexity index is 62.8. The van der Waals surface area contributed by atoms with Crippen LogP contribution in [0.3, 0.4) is 0 Å². The highest BCUT2D eigenvalue weighted by molar-refractivity contribution is 14.1. The summed E-state index contributed by atoms with van der Waals surface area (Å²) >= 11 is 2.54. The van der Waals surface area contributed by atoms with Gasteiger partial charge in [-0.25, -0.2) is 0 Å². The molecule has 0 aromatic carbocycles. The van der Waals surface area contributed by atoms with Crippen molar-refractivity contribution in [3.05, 3.63) is 0 Å². The summed E-state index contributed by atoms with van der Waals surface area (Å²) in [6.45, 7) is 2.33. The second-order valence-corrected chi connectivity index (χ2v) is 4.69. The fourth-order valence-electron chi connectivity index (χ4n) is 1.42. The molecule has 1 fully saturated rings. The highest BCUT2D eigenvalue weighted by Crippen LogP contribution is 2.30. The molecular formula is C7H13I. The Hall–Kier alpha value is 0.730. The molecule has 1 heteroatoms. The van der Waals surface area contributed by atoms with Crippen LogP contribution in [0.5, 0.6) is 0 Å². The molecule has 0 aliphatic heterocycles. The van der Waals surface area contributed by atoms with E-state index >= 15 is 0 Å². The van der Waals surface area contributed by atoms with Crippen LogP contribution in [0.15, 0.2) is 0 Å². The van der Waals surface area contributed by atoms with E-state index in [1.165, 1.54) is 25.7 Å². The average molecular weight is 224 g/mol. The first-order valence-corrected chi connectivity index (χ1v) is 4.69. The molecule has 1 aliphatic rings. The third-order valence-electron chi connectivity index (χ3n) is 2.05. The summed E-state index contributed by atoms with van der Waals surface area (Å²) in [6.07, 6.45) is 5.95. The molecule has 0 bridgehead atoms. The Labute approximate surface area is 65.2 Å². The zero-order valence-electron chi connectivity index (χ0n) is 5.36. The average Bonchev–Trinajstić information content (AvgIpc) is 2.12. The van der Waals surface area contributed by atoms with E-state index in [1.807, 2.05) is 0 Å². The predicted molar refractivity (Wildman–Crippen MR) is 45.4 cm³/mol. The van der Waals surface area contributed by atoms with Gasteiger partial charge in [0.1, 0.15) is 0 Å². The summed E-state index contributed by atoms with van der Waals surface area (Å²) in [5.74, 6) is 1.05. The molecule has 48 valence electrons. The second-order valence-electron chi connectivity index (χ2n) is 2.72. The molecule has 0 aromatic rings. The molecule has 0 spiro atoms. The minimum Gasteiger partial charge on any atom is -0.0826 e. The minimum atomic E-state index is 0.912. The molecule has 1 rings (SSSR count). The van der Waals surface area contributed by atoms with Crippen molar-refractivity contribution in [1.82, 2.24) is 0 Å². The van der Waals surface area contributed by atoms with Crippen LogP contribution >= 0.6 is 22.6 Å². The van der Waals surface area contributed by atoms with E-state index in [-0.39, 0.29) is 0 Å². The zero-order valence-corrected chi connectivity index (χ0v) is 7.52. The van der Waals surface area contributed by atoms with Gasteiger partial charge in [0.15, 0.2) is 0 Å². The molecule has 1 aliphatic carbocycles. The highest BCUT2D eigenvalue weighted by Gasteiger charge is 2.18. The molecule has 0 aromatic heterocycles. The predicted octanol–water partition coefficient (Wildman–Crippen LogP) is 3.00. The maximum atomic E-state index is 2.54. The maximum Gasteiger partial charge on any atom is 0.0110 e. The molecule has 0 N–H and O–H groups in total. The van der Waals surface area contributed by atoms with Crippen LogP contribution in [0.2, 0.25) is 0 Å². The van der Waals surface area contributed by atoms with E-state index in [2.05, 4.69) is 29.5 Å². The first-order valence-electron chi connectivity index (χ1n) is 3.45. The number of halogens is 1. The van der Waals surface area contributed by atoms with Gasteiger partial charge in [0.25, 0.3) is 0 Å². The third-order valence-corrected chi connectivity index (χ3v) is 3.07. The number of alkyl halides is 1. The van der Waals surface area contributed by atoms with Crippen LogP contribution in [0, 0.1) is 5.92 Å². The van der Waals surface area contributed by atoms with Crippen molar-refractivity contribution in [3.63, 3.8) is 0 Å². The Morgan fingerprint density at radius 2 is 1.88 bits per heavy atom. The smallest absolute Gasteiger partial charge is 0.0110 e. The quantitative estimate of drug-likeness (QED) is 0.474. The summed E-state index contributed by atoms with van der Waals surface area (Å²) in [7, 11) is 0. The summed E-state index contributed by atoms with van der Waals surface area (Å²) in [5.41, 5.74) is 0. The Morgan fingerprint density at radius 1 is 1.38 bits per heavy atom. The van der Waals surface area contributed by atoms with Crippen LogP contribution in [-0.2, 0) is 0 Å². The zero-order chi connectivity index (χ0) is 5.98. The van der Waals surface area contributed by atoms with Gasteiger partial charge in [-0.15, -0.1) is 0 Å². The number of hydrogen-bond donors (Lipinski definition) is 0. The SMILES string of the molecule is CC(I)C1CCCC1. The van der Waals surface area contributed by atoms with Crippen LogP contribution in [0.25, 0.3) is 0 Å². The summed E-state index contributed by atoms with van der Waals surface area (Å²) in [5, 5.41) is 0. The Balaban J connectivity index is 2.24. The van der Waals surface area contributed by atoms with E-state index in [0.29, 0.717) is 0 Å². The number of hydrogen-bond acceptors (Lipinski definition) is 0. The van der Waals surface area contributed by atoms with Crippen molar-refractivity contribution < 1.29 is 0 Å². The normalized spacial score (nSPS) is 26.2. The van der Waals surface area contributed by atoms with E-state index in [9.17, 15) is 0 Å². The van der Waals surface area contributed by atoms with Gasteiger partial charge in [-0.2, -0.15) is 0 Å². The van der Waals surface area contributed by atoms with Gasteiger partial charge in [0, 0.05) is 3.92 Å². The molecule has 0 saturated heterocycles. The summed E-state index contributed by atoms with van der Waals surface area (Å²) < 4.78 is 0.912. The molecule has 1 saturated carbocycles. The van der Waals surface area contributed by atoms with E-state index < -0.39 is 0 Å². The molecule has 1 atom stereocenters. The lowest BCUT2D eigenvalue weighted by atomic mass is 10.1.